The first-order valence-corrected chi connectivity index (χ1v) is 4.39. The van der Waals surface area contributed by atoms with E-state index >= 15 is 0 Å². The van der Waals surface area contributed by atoms with Crippen LogP contribution in [0.25, 0.3) is 0 Å². The first-order valence-electron chi connectivity index (χ1n) is 2.78. The van der Waals surface area contributed by atoms with Gasteiger partial charge in [0.05, 0.1) is 16.5 Å². The number of rotatable bonds is 1. The fourth-order valence-electron chi connectivity index (χ4n) is 0.644. The smallest absolute Gasteiger partial charge is 0.340 e. The van der Waals surface area contributed by atoms with Gasteiger partial charge in [0.2, 0.25) is 0 Å². The molecule has 0 radical (unpaired) electrons. The summed E-state index contributed by atoms with van der Waals surface area (Å²) in [6.45, 7) is 0. The molecule has 0 aliphatic carbocycles. The number of thiophene rings is 1. The van der Waals surface area contributed by atoms with Crippen LogP contribution in [0.15, 0.2) is 9.85 Å². The van der Waals surface area contributed by atoms with Crippen molar-refractivity contribution in [2.24, 2.45) is 0 Å². The summed E-state index contributed by atoms with van der Waals surface area (Å²) in [5, 5.41) is 0.476. The molecule has 1 heterocycles. The predicted molar refractivity (Wildman–Crippen MR) is 47.8 cm³/mol. The lowest BCUT2D eigenvalue weighted by atomic mass is 10.3. The van der Waals surface area contributed by atoms with E-state index in [1.807, 2.05) is 0 Å². The first-order chi connectivity index (χ1) is 5.15. The number of carbonyl (C=O) groups is 1. The lowest BCUT2D eigenvalue weighted by molar-refractivity contribution is 0.0602. The van der Waals surface area contributed by atoms with Crippen molar-refractivity contribution in [3.05, 3.63) is 15.4 Å². The maximum atomic E-state index is 10.9. The molecular formula is C6H6BrNO2S. The summed E-state index contributed by atoms with van der Waals surface area (Å²) in [6.07, 6.45) is 0. The number of methoxy groups -OCH3 is 1. The number of hydrogen-bond acceptors (Lipinski definition) is 4. The van der Waals surface area contributed by atoms with Crippen molar-refractivity contribution in [2.45, 2.75) is 0 Å². The standard InChI is InChI=1S/C6H6BrNO2S/c1-10-6(9)3-2-4(7)11-5(3)8/h2H,8H2,1H3. The molecule has 0 amide bonds. The average molecular weight is 236 g/mol. The second kappa shape index (κ2) is 3.23. The third kappa shape index (κ3) is 1.72. The van der Waals surface area contributed by atoms with E-state index in [1.165, 1.54) is 18.4 Å². The molecule has 1 rings (SSSR count). The van der Waals surface area contributed by atoms with E-state index in [-0.39, 0.29) is 0 Å². The van der Waals surface area contributed by atoms with Crippen LogP contribution >= 0.6 is 27.3 Å². The van der Waals surface area contributed by atoms with Crippen LogP contribution in [0.4, 0.5) is 5.00 Å². The van der Waals surface area contributed by atoms with Gasteiger partial charge in [0.15, 0.2) is 0 Å². The zero-order valence-electron chi connectivity index (χ0n) is 5.76. The highest BCUT2D eigenvalue weighted by molar-refractivity contribution is 9.11. The van der Waals surface area contributed by atoms with Crippen LogP contribution in [-0.2, 0) is 4.74 Å². The van der Waals surface area contributed by atoms with Crippen molar-refractivity contribution in [2.75, 3.05) is 12.8 Å². The van der Waals surface area contributed by atoms with Gasteiger partial charge < -0.3 is 10.5 Å². The number of anilines is 1. The molecule has 0 saturated heterocycles. The third-order valence-electron chi connectivity index (χ3n) is 1.14. The molecule has 3 nitrogen and oxygen atoms in total. The summed E-state index contributed by atoms with van der Waals surface area (Å²) in [4.78, 5) is 10.9. The Bertz CT molecular complexity index is 284. The molecule has 2 N–H and O–H groups in total. The number of esters is 1. The van der Waals surface area contributed by atoms with E-state index in [4.69, 9.17) is 5.73 Å². The lowest BCUT2D eigenvalue weighted by Gasteiger charge is -1.94. The summed E-state index contributed by atoms with van der Waals surface area (Å²) in [5.41, 5.74) is 5.93. The number of ether oxygens (including phenoxy) is 1. The highest BCUT2D eigenvalue weighted by Gasteiger charge is 2.12. The van der Waals surface area contributed by atoms with Crippen molar-refractivity contribution < 1.29 is 9.53 Å². The van der Waals surface area contributed by atoms with Gasteiger partial charge in [-0.05, 0) is 22.0 Å². The Labute approximate surface area is 76.3 Å². The van der Waals surface area contributed by atoms with Crippen molar-refractivity contribution in [3.8, 4) is 0 Å². The summed E-state index contributed by atoms with van der Waals surface area (Å²) < 4.78 is 5.33. The summed E-state index contributed by atoms with van der Waals surface area (Å²) in [6, 6.07) is 1.64. The van der Waals surface area contributed by atoms with Gasteiger partial charge in [0.25, 0.3) is 0 Å². The molecule has 0 aromatic carbocycles. The molecule has 1 aromatic heterocycles. The molecular weight excluding hydrogens is 230 g/mol. The van der Waals surface area contributed by atoms with Crippen LogP contribution in [0.5, 0.6) is 0 Å². The lowest BCUT2D eigenvalue weighted by Crippen LogP contribution is -2.01. The van der Waals surface area contributed by atoms with E-state index in [0.29, 0.717) is 10.6 Å². The highest BCUT2D eigenvalue weighted by atomic mass is 79.9. The minimum atomic E-state index is -0.399. The van der Waals surface area contributed by atoms with Crippen LogP contribution < -0.4 is 5.73 Å². The van der Waals surface area contributed by atoms with Crippen LogP contribution in [-0.4, -0.2) is 13.1 Å². The van der Waals surface area contributed by atoms with E-state index < -0.39 is 5.97 Å². The number of carbonyl (C=O) groups excluding carboxylic acids is 1. The Morgan fingerprint density at radius 2 is 2.45 bits per heavy atom. The Kier molecular flexibility index (Phi) is 2.51. The minimum absolute atomic E-state index is 0.399. The Morgan fingerprint density at radius 3 is 2.82 bits per heavy atom. The van der Waals surface area contributed by atoms with Crippen molar-refractivity contribution in [3.63, 3.8) is 0 Å². The average Bonchev–Trinajstić information content (AvgIpc) is 2.28. The van der Waals surface area contributed by atoms with Gasteiger partial charge in [-0.15, -0.1) is 11.3 Å². The fourth-order valence-corrected chi connectivity index (χ4v) is 2.03. The number of hydrogen-bond donors (Lipinski definition) is 1. The van der Waals surface area contributed by atoms with E-state index in [2.05, 4.69) is 20.7 Å². The topological polar surface area (TPSA) is 52.3 Å². The maximum absolute atomic E-state index is 10.9. The van der Waals surface area contributed by atoms with Crippen molar-refractivity contribution in [1.29, 1.82) is 0 Å². The van der Waals surface area contributed by atoms with Crippen LogP contribution in [0.3, 0.4) is 0 Å². The molecule has 0 saturated carbocycles. The number of nitrogen functional groups attached to an aromatic ring is 1. The monoisotopic (exact) mass is 235 g/mol. The molecule has 0 bridgehead atoms. The molecule has 5 heteroatoms. The normalized spacial score (nSPS) is 9.64. The molecule has 1 aromatic rings. The first kappa shape index (κ1) is 8.55. The van der Waals surface area contributed by atoms with Gasteiger partial charge >= 0.3 is 5.97 Å². The van der Waals surface area contributed by atoms with Crippen LogP contribution in [0, 0.1) is 0 Å². The Hall–Kier alpha value is -0.550. The molecule has 0 fully saturated rings. The second-order valence-corrected chi connectivity index (χ2v) is 4.28. The van der Waals surface area contributed by atoms with Crippen LogP contribution in [0.2, 0.25) is 0 Å². The van der Waals surface area contributed by atoms with Crippen molar-refractivity contribution >= 4 is 38.2 Å². The zero-order chi connectivity index (χ0) is 8.43. The van der Waals surface area contributed by atoms with Gasteiger partial charge in [-0.1, -0.05) is 0 Å². The third-order valence-corrected chi connectivity index (χ3v) is 2.60. The second-order valence-electron chi connectivity index (χ2n) is 1.82. The number of halogens is 1. The summed E-state index contributed by atoms with van der Waals surface area (Å²) in [5.74, 6) is -0.399. The minimum Gasteiger partial charge on any atom is -0.465 e. The van der Waals surface area contributed by atoms with E-state index in [1.54, 1.807) is 6.07 Å². The Balaban J connectivity index is 3.03. The van der Waals surface area contributed by atoms with Gasteiger partial charge in [0.1, 0.15) is 5.00 Å². The largest absolute Gasteiger partial charge is 0.465 e. The fraction of sp³-hybridized carbons (Fsp3) is 0.167. The quantitative estimate of drug-likeness (QED) is 0.757. The Morgan fingerprint density at radius 1 is 1.82 bits per heavy atom. The van der Waals surface area contributed by atoms with Crippen LogP contribution in [0.1, 0.15) is 10.4 Å². The molecule has 0 aliphatic rings. The van der Waals surface area contributed by atoms with Gasteiger partial charge in [-0.2, -0.15) is 0 Å². The number of nitrogens with two attached hydrogens (primary N) is 1. The van der Waals surface area contributed by atoms with Crippen molar-refractivity contribution in [1.82, 2.24) is 0 Å². The van der Waals surface area contributed by atoms with Gasteiger partial charge in [0, 0.05) is 0 Å². The molecule has 0 unspecified atom stereocenters. The van der Waals surface area contributed by atoms with Gasteiger partial charge in [-0.25, -0.2) is 4.79 Å². The molecule has 11 heavy (non-hydrogen) atoms. The molecule has 60 valence electrons. The highest BCUT2D eigenvalue weighted by Crippen LogP contribution is 2.29. The molecule has 0 spiro atoms. The molecule has 0 atom stereocenters. The van der Waals surface area contributed by atoms with E-state index in [9.17, 15) is 4.79 Å². The van der Waals surface area contributed by atoms with Gasteiger partial charge in [-0.3, -0.25) is 0 Å². The predicted octanol–water partition coefficient (Wildman–Crippen LogP) is 1.88. The summed E-state index contributed by atoms with van der Waals surface area (Å²) >= 11 is 4.52. The van der Waals surface area contributed by atoms with E-state index in [0.717, 1.165) is 3.79 Å². The maximum Gasteiger partial charge on any atom is 0.340 e. The molecule has 0 aliphatic heterocycles. The summed E-state index contributed by atoms with van der Waals surface area (Å²) in [7, 11) is 1.33. The SMILES string of the molecule is COC(=O)c1cc(Br)sc1N. The zero-order valence-corrected chi connectivity index (χ0v) is 8.16.